The zero-order valence-corrected chi connectivity index (χ0v) is 18.7. The molecule has 0 unspecified atom stereocenters. The van der Waals surface area contributed by atoms with Crippen molar-refractivity contribution in [2.75, 3.05) is 11.9 Å². The Kier molecular flexibility index (Phi) is 6.24. The maximum atomic E-state index is 13.1. The molecule has 0 radical (unpaired) electrons. The molecule has 0 saturated carbocycles. The number of hydrogen-bond acceptors (Lipinski definition) is 8. The molecule has 0 aliphatic carbocycles. The van der Waals surface area contributed by atoms with Gasteiger partial charge in [0.25, 0.3) is 5.56 Å². The Morgan fingerprint density at radius 1 is 1.28 bits per heavy atom. The van der Waals surface area contributed by atoms with Crippen molar-refractivity contribution in [2.45, 2.75) is 13.5 Å². The molecule has 4 rings (SSSR count). The maximum absolute atomic E-state index is 13.1. The highest BCUT2D eigenvalue weighted by molar-refractivity contribution is 7.17. The minimum Gasteiger partial charge on any atom is -0.457 e. The number of aryl methyl sites for hydroxylation is 1. The van der Waals surface area contributed by atoms with Gasteiger partial charge in [0.2, 0.25) is 5.91 Å². The van der Waals surface area contributed by atoms with Crippen molar-refractivity contribution in [3.05, 3.63) is 75.6 Å². The zero-order valence-electron chi connectivity index (χ0n) is 17.0. The van der Waals surface area contributed by atoms with Gasteiger partial charge < -0.3 is 10.1 Å². The molecule has 8 nitrogen and oxygen atoms in total. The largest absolute Gasteiger partial charge is 0.457 e. The lowest BCUT2D eigenvalue weighted by Gasteiger charge is -2.06. The van der Waals surface area contributed by atoms with Gasteiger partial charge in [0, 0.05) is 10.9 Å². The lowest BCUT2D eigenvalue weighted by molar-refractivity contribution is -0.116. The quantitative estimate of drug-likeness (QED) is 0.328. The van der Waals surface area contributed by atoms with E-state index in [-0.39, 0.29) is 23.8 Å². The van der Waals surface area contributed by atoms with Gasteiger partial charge in [-0.05, 0) is 12.5 Å². The smallest absolute Gasteiger partial charge is 0.350 e. The number of ether oxygens (including phenoxy) is 1. The highest BCUT2D eigenvalue weighted by atomic mass is 32.1. The Balaban J connectivity index is 1.55. The third kappa shape index (κ3) is 4.36. The Morgan fingerprint density at radius 3 is 2.81 bits per heavy atom. The summed E-state index contributed by atoms with van der Waals surface area (Å²) in [6.07, 6.45) is 2.83. The van der Waals surface area contributed by atoms with Gasteiger partial charge in [-0.2, -0.15) is 0 Å². The van der Waals surface area contributed by atoms with E-state index in [4.69, 9.17) is 4.74 Å². The molecule has 3 heterocycles. The summed E-state index contributed by atoms with van der Waals surface area (Å²) in [5, 5.41) is 5.26. The molecule has 0 saturated heterocycles. The number of amides is 1. The number of rotatable bonds is 7. The second-order valence-corrected chi connectivity index (χ2v) is 8.60. The van der Waals surface area contributed by atoms with Crippen LogP contribution in [-0.4, -0.2) is 33.0 Å². The highest BCUT2D eigenvalue weighted by Gasteiger charge is 2.19. The summed E-state index contributed by atoms with van der Waals surface area (Å²) in [5.41, 5.74) is 1.85. The molecule has 0 aliphatic rings. The first kappa shape index (κ1) is 21.6. The summed E-state index contributed by atoms with van der Waals surface area (Å²) < 4.78 is 6.28. The number of benzene rings is 1. The van der Waals surface area contributed by atoms with Crippen LogP contribution < -0.4 is 10.9 Å². The minimum absolute atomic E-state index is 0.0871. The summed E-state index contributed by atoms with van der Waals surface area (Å²) in [6.45, 7) is 5.00. The Hall–Kier alpha value is -3.63. The first-order valence-electron chi connectivity index (χ1n) is 9.55. The number of thiophene rings is 1. The average molecular weight is 467 g/mol. The minimum atomic E-state index is -0.530. The molecule has 0 spiro atoms. The lowest BCUT2D eigenvalue weighted by Crippen LogP contribution is -2.27. The SMILES string of the molecule is C=CCOC(=O)c1sc(NC(=O)Cn2cnc3scc(-c4ccccc4)c3c2=O)nc1C. The molecule has 4 aromatic rings. The number of fused-ring (bicyclic) bond motifs is 1. The fraction of sp³-hybridized carbons (Fsp3) is 0.136. The van der Waals surface area contributed by atoms with Crippen molar-refractivity contribution < 1.29 is 14.3 Å². The number of nitrogens with zero attached hydrogens (tertiary/aromatic N) is 3. The molecule has 1 amide bonds. The van der Waals surface area contributed by atoms with E-state index in [1.807, 2.05) is 35.7 Å². The molecule has 1 aromatic carbocycles. The second kappa shape index (κ2) is 9.25. The third-order valence-corrected chi connectivity index (χ3v) is 6.46. The number of thiazole rings is 1. The van der Waals surface area contributed by atoms with Crippen molar-refractivity contribution >= 4 is 49.9 Å². The molecule has 10 heteroatoms. The van der Waals surface area contributed by atoms with Crippen LogP contribution >= 0.6 is 22.7 Å². The van der Waals surface area contributed by atoms with Crippen molar-refractivity contribution in [2.24, 2.45) is 0 Å². The van der Waals surface area contributed by atoms with Crippen LogP contribution in [0.25, 0.3) is 21.3 Å². The van der Waals surface area contributed by atoms with Crippen LogP contribution in [0.5, 0.6) is 0 Å². The molecular formula is C22H18N4O4S2. The number of carbonyl (C=O) groups excluding carboxylic acids is 2. The molecule has 1 N–H and O–H groups in total. The fourth-order valence-electron chi connectivity index (χ4n) is 3.06. The normalized spacial score (nSPS) is 10.8. The van der Waals surface area contributed by atoms with Gasteiger partial charge in [-0.1, -0.05) is 54.3 Å². The van der Waals surface area contributed by atoms with Gasteiger partial charge in [0.05, 0.1) is 17.4 Å². The standard InChI is InChI=1S/C22H18N4O4S2/c1-3-9-30-21(29)18-13(2)24-22(32-18)25-16(27)10-26-12-23-19-17(20(26)28)15(11-31-19)14-7-5-4-6-8-14/h3-8,11-12H,1,9-10H2,2H3,(H,24,25,27). The molecule has 0 aliphatic heterocycles. The third-order valence-electron chi connectivity index (χ3n) is 4.52. The molecule has 0 atom stereocenters. The van der Waals surface area contributed by atoms with Crippen LogP contribution in [-0.2, 0) is 16.1 Å². The number of esters is 1. The van der Waals surface area contributed by atoms with E-state index in [1.54, 1.807) is 6.92 Å². The van der Waals surface area contributed by atoms with E-state index in [2.05, 4.69) is 21.9 Å². The van der Waals surface area contributed by atoms with Crippen LogP contribution in [0.3, 0.4) is 0 Å². The Morgan fingerprint density at radius 2 is 2.06 bits per heavy atom. The summed E-state index contributed by atoms with van der Waals surface area (Å²) in [7, 11) is 0. The average Bonchev–Trinajstić information content (AvgIpc) is 3.38. The highest BCUT2D eigenvalue weighted by Crippen LogP contribution is 2.30. The first-order chi connectivity index (χ1) is 15.5. The summed E-state index contributed by atoms with van der Waals surface area (Å²) in [5.74, 6) is -0.985. The van der Waals surface area contributed by atoms with Gasteiger partial charge in [-0.3, -0.25) is 14.2 Å². The Labute approximate surface area is 190 Å². The number of carbonyl (C=O) groups is 2. The Bertz CT molecular complexity index is 1370. The monoisotopic (exact) mass is 466 g/mol. The molecular weight excluding hydrogens is 448 g/mol. The first-order valence-corrected chi connectivity index (χ1v) is 11.2. The van der Waals surface area contributed by atoms with Gasteiger partial charge in [-0.15, -0.1) is 11.3 Å². The zero-order chi connectivity index (χ0) is 22.7. The summed E-state index contributed by atoms with van der Waals surface area (Å²) in [6, 6.07) is 9.56. The van der Waals surface area contributed by atoms with Crippen LogP contribution in [0.15, 0.2) is 59.5 Å². The van der Waals surface area contributed by atoms with E-state index in [0.29, 0.717) is 20.8 Å². The number of aromatic nitrogens is 3. The van der Waals surface area contributed by atoms with Crippen molar-refractivity contribution in [3.63, 3.8) is 0 Å². The van der Waals surface area contributed by atoms with E-state index in [1.165, 1.54) is 28.3 Å². The van der Waals surface area contributed by atoms with Crippen LogP contribution in [0.1, 0.15) is 15.4 Å². The molecule has 0 fully saturated rings. The van der Waals surface area contributed by atoms with E-state index < -0.39 is 11.9 Å². The van der Waals surface area contributed by atoms with Crippen LogP contribution in [0, 0.1) is 6.92 Å². The number of nitrogens with one attached hydrogen (secondary N) is 1. The van der Waals surface area contributed by atoms with Crippen molar-refractivity contribution in [1.29, 1.82) is 0 Å². The fourth-order valence-corrected chi connectivity index (χ4v) is 4.85. The predicted molar refractivity (Wildman–Crippen MR) is 125 cm³/mol. The van der Waals surface area contributed by atoms with Gasteiger partial charge >= 0.3 is 5.97 Å². The number of hydrogen-bond donors (Lipinski definition) is 1. The lowest BCUT2D eigenvalue weighted by atomic mass is 10.1. The second-order valence-electron chi connectivity index (χ2n) is 6.74. The molecule has 32 heavy (non-hydrogen) atoms. The van der Waals surface area contributed by atoms with Gasteiger partial charge in [0.1, 0.15) is 22.9 Å². The van der Waals surface area contributed by atoms with E-state index >= 15 is 0 Å². The molecule has 3 aromatic heterocycles. The maximum Gasteiger partial charge on any atom is 0.350 e. The molecule has 162 valence electrons. The number of anilines is 1. The van der Waals surface area contributed by atoms with Crippen molar-refractivity contribution in [1.82, 2.24) is 14.5 Å². The predicted octanol–water partition coefficient (Wildman–Crippen LogP) is 3.87. The van der Waals surface area contributed by atoms with Crippen molar-refractivity contribution in [3.8, 4) is 11.1 Å². The van der Waals surface area contributed by atoms with Gasteiger partial charge in [-0.25, -0.2) is 14.8 Å². The summed E-state index contributed by atoms with van der Waals surface area (Å²) in [4.78, 5) is 47.1. The van der Waals surface area contributed by atoms with E-state index in [9.17, 15) is 14.4 Å². The van der Waals surface area contributed by atoms with Crippen LogP contribution in [0.4, 0.5) is 5.13 Å². The topological polar surface area (TPSA) is 103 Å². The van der Waals surface area contributed by atoms with Gasteiger partial charge in [0.15, 0.2) is 5.13 Å². The van der Waals surface area contributed by atoms with Crippen LogP contribution in [0.2, 0.25) is 0 Å². The summed E-state index contributed by atoms with van der Waals surface area (Å²) >= 11 is 2.39. The van der Waals surface area contributed by atoms with E-state index in [0.717, 1.165) is 22.5 Å². The molecule has 0 bridgehead atoms.